The minimum absolute atomic E-state index is 0.672. The summed E-state index contributed by atoms with van der Waals surface area (Å²) >= 11 is 6.07. The summed E-state index contributed by atoms with van der Waals surface area (Å²) in [6, 6.07) is 6.06. The van der Waals surface area contributed by atoms with Crippen LogP contribution in [0.1, 0.15) is 25.8 Å². The van der Waals surface area contributed by atoms with Crippen molar-refractivity contribution in [2.24, 2.45) is 11.7 Å². The number of anilines is 1. The number of hydrogen-bond acceptors (Lipinski definition) is 2. The lowest BCUT2D eigenvalue weighted by molar-refractivity contribution is 0.559. The fraction of sp³-hybridized carbons (Fsp3) is 0.571. The monoisotopic (exact) mass is 254 g/mol. The van der Waals surface area contributed by atoms with Crippen LogP contribution in [0.3, 0.4) is 0 Å². The Kier molecular flexibility index (Phi) is 5.79. The Bertz CT molecular complexity index is 352. The Morgan fingerprint density at radius 1 is 1.41 bits per heavy atom. The third kappa shape index (κ3) is 4.21. The molecular weight excluding hydrogens is 232 g/mol. The van der Waals surface area contributed by atoms with Crippen molar-refractivity contribution in [1.29, 1.82) is 0 Å². The van der Waals surface area contributed by atoms with Crippen LogP contribution in [-0.2, 0) is 6.42 Å². The van der Waals surface area contributed by atoms with Gasteiger partial charge < -0.3 is 10.6 Å². The van der Waals surface area contributed by atoms with Crippen molar-refractivity contribution in [3.8, 4) is 0 Å². The van der Waals surface area contributed by atoms with E-state index in [4.69, 9.17) is 17.3 Å². The zero-order valence-electron chi connectivity index (χ0n) is 11.0. The van der Waals surface area contributed by atoms with E-state index in [-0.39, 0.29) is 0 Å². The molecule has 1 unspecified atom stereocenters. The maximum atomic E-state index is 6.07. The second-order valence-corrected chi connectivity index (χ2v) is 5.14. The Morgan fingerprint density at radius 2 is 2.12 bits per heavy atom. The van der Waals surface area contributed by atoms with Crippen LogP contribution in [0, 0.1) is 5.92 Å². The van der Waals surface area contributed by atoms with Crippen LogP contribution >= 0.6 is 11.6 Å². The highest BCUT2D eigenvalue weighted by Crippen LogP contribution is 2.25. The summed E-state index contributed by atoms with van der Waals surface area (Å²) in [4.78, 5) is 2.28. The summed E-state index contributed by atoms with van der Waals surface area (Å²) in [6.45, 7) is 6.21. The number of nitrogens with zero attached hydrogens (tertiary/aromatic N) is 1. The van der Waals surface area contributed by atoms with E-state index in [1.807, 2.05) is 12.1 Å². The summed E-state index contributed by atoms with van der Waals surface area (Å²) in [5.74, 6) is 0.685. The molecule has 0 heterocycles. The Labute approximate surface area is 110 Å². The fourth-order valence-electron chi connectivity index (χ4n) is 1.95. The summed E-state index contributed by atoms with van der Waals surface area (Å²) < 4.78 is 0. The van der Waals surface area contributed by atoms with E-state index in [9.17, 15) is 0 Å². The van der Waals surface area contributed by atoms with Crippen molar-refractivity contribution < 1.29 is 0 Å². The summed E-state index contributed by atoms with van der Waals surface area (Å²) in [6.07, 6.45) is 2.09. The molecule has 0 amide bonds. The maximum Gasteiger partial charge on any atom is 0.0426 e. The molecule has 2 nitrogen and oxygen atoms in total. The first-order valence-electron chi connectivity index (χ1n) is 6.28. The average molecular weight is 255 g/mol. The lowest BCUT2D eigenvalue weighted by atomic mass is 10.1. The molecule has 0 bridgehead atoms. The van der Waals surface area contributed by atoms with Gasteiger partial charge in [-0.1, -0.05) is 37.9 Å². The zero-order chi connectivity index (χ0) is 12.8. The average Bonchev–Trinajstić information content (AvgIpc) is 2.31. The topological polar surface area (TPSA) is 29.3 Å². The minimum atomic E-state index is 0.672. The highest BCUT2D eigenvalue weighted by atomic mass is 35.5. The zero-order valence-corrected chi connectivity index (χ0v) is 11.8. The molecule has 0 aliphatic carbocycles. The molecule has 96 valence electrons. The largest absolute Gasteiger partial charge is 0.374 e. The highest BCUT2D eigenvalue weighted by Gasteiger charge is 2.10. The number of halogens is 1. The van der Waals surface area contributed by atoms with Gasteiger partial charge in [0.25, 0.3) is 0 Å². The third-order valence-corrected chi connectivity index (χ3v) is 3.39. The molecule has 1 rings (SSSR count). The molecule has 0 aromatic heterocycles. The summed E-state index contributed by atoms with van der Waals surface area (Å²) in [5.41, 5.74) is 8.14. The van der Waals surface area contributed by atoms with Gasteiger partial charge >= 0.3 is 0 Å². The second kappa shape index (κ2) is 6.87. The molecule has 17 heavy (non-hydrogen) atoms. The van der Waals surface area contributed by atoms with Gasteiger partial charge in [0.2, 0.25) is 0 Å². The summed E-state index contributed by atoms with van der Waals surface area (Å²) in [5, 5.41) is 0.789. The Morgan fingerprint density at radius 3 is 2.71 bits per heavy atom. The van der Waals surface area contributed by atoms with Crippen molar-refractivity contribution in [2.45, 2.75) is 26.7 Å². The summed E-state index contributed by atoms with van der Waals surface area (Å²) in [7, 11) is 2.12. The lowest BCUT2D eigenvalue weighted by Gasteiger charge is -2.25. The van der Waals surface area contributed by atoms with Crippen LogP contribution in [0.2, 0.25) is 5.02 Å². The standard InChI is InChI=1S/C14H23ClN2/c1-4-11(2)10-17(3)14-9-13(15)6-5-12(14)7-8-16/h5-6,9,11H,4,7-8,10,16H2,1-3H3. The van der Waals surface area contributed by atoms with Crippen LogP contribution in [-0.4, -0.2) is 20.1 Å². The van der Waals surface area contributed by atoms with Gasteiger partial charge in [-0.05, 0) is 36.6 Å². The fourth-order valence-corrected chi connectivity index (χ4v) is 2.12. The van der Waals surface area contributed by atoms with Gasteiger partial charge in [-0.3, -0.25) is 0 Å². The third-order valence-electron chi connectivity index (χ3n) is 3.15. The molecule has 1 atom stereocenters. The molecule has 0 fully saturated rings. The van der Waals surface area contributed by atoms with Crippen LogP contribution in [0.4, 0.5) is 5.69 Å². The van der Waals surface area contributed by atoms with Crippen LogP contribution < -0.4 is 10.6 Å². The van der Waals surface area contributed by atoms with Crippen LogP contribution in [0.5, 0.6) is 0 Å². The molecule has 0 radical (unpaired) electrons. The minimum Gasteiger partial charge on any atom is -0.374 e. The normalized spacial score (nSPS) is 12.5. The molecule has 1 aromatic carbocycles. The van der Waals surface area contributed by atoms with Crippen molar-refractivity contribution in [1.82, 2.24) is 0 Å². The molecule has 2 N–H and O–H groups in total. The van der Waals surface area contributed by atoms with Crippen molar-refractivity contribution >= 4 is 17.3 Å². The van der Waals surface area contributed by atoms with E-state index in [2.05, 4.69) is 31.9 Å². The van der Waals surface area contributed by atoms with Gasteiger partial charge in [0, 0.05) is 24.3 Å². The molecule has 0 saturated carbocycles. The number of benzene rings is 1. The van der Waals surface area contributed by atoms with Crippen LogP contribution in [0.15, 0.2) is 18.2 Å². The highest BCUT2D eigenvalue weighted by molar-refractivity contribution is 6.30. The molecular formula is C14H23ClN2. The first-order valence-corrected chi connectivity index (χ1v) is 6.65. The van der Waals surface area contributed by atoms with E-state index in [0.717, 1.165) is 18.0 Å². The van der Waals surface area contributed by atoms with Gasteiger partial charge in [-0.25, -0.2) is 0 Å². The quantitative estimate of drug-likeness (QED) is 0.844. The molecule has 1 aromatic rings. The maximum absolute atomic E-state index is 6.07. The SMILES string of the molecule is CCC(C)CN(C)c1cc(Cl)ccc1CCN. The van der Waals surface area contributed by atoms with E-state index in [1.165, 1.54) is 17.7 Å². The second-order valence-electron chi connectivity index (χ2n) is 4.71. The molecule has 0 saturated heterocycles. The molecule has 0 aliphatic heterocycles. The van der Waals surface area contributed by atoms with E-state index < -0.39 is 0 Å². The van der Waals surface area contributed by atoms with Gasteiger partial charge in [0.05, 0.1) is 0 Å². The van der Waals surface area contributed by atoms with E-state index in [1.54, 1.807) is 0 Å². The molecule has 0 spiro atoms. The van der Waals surface area contributed by atoms with Gasteiger partial charge in [0.15, 0.2) is 0 Å². The Balaban J connectivity index is 2.89. The smallest absolute Gasteiger partial charge is 0.0426 e. The Hall–Kier alpha value is -0.730. The first-order chi connectivity index (χ1) is 8.08. The van der Waals surface area contributed by atoms with Crippen molar-refractivity contribution in [3.05, 3.63) is 28.8 Å². The number of hydrogen-bond donors (Lipinski definition) is 1. The number of rotatable bonds is 6. The van der Waals surface area contributed by atoms with Gasteiger partial charge in [-0.2, -0.15) is 0 Å². The predicted molar refractivity (Wildman–Crippen MR) is 76.9 cm³/mol. The predicted octanol–water partition coefficient (Wildman–Crippen LogP) is 3.32. The first kappa shape index (κ1) is 14.3. The molecule has 3 heteroatoms. The van der Waals surface area contributed by atoms with Crippen LogP contribution in [0.25, 0.3) is 0 Å². The van der Waals surface area contributed by atoms with Gasteiger partial charge in [-0.15, -0.1) is 0 Å². The van der Waals surface area contributed by atoms with Crippen molar-refractivity contribution in [2.75, 3.05) is 25.0 Å². The van der Waals surface area contributed by atoms with Gasteiger partial charge in [0.1, 0.15) is 0 Å². The van der Waals surface area contributed by atoms with E-state index in [0.29, 0.717) is 12.5 Å². The van der Waals surface area contributed by atoms with Crippen molar-refractivity contribution in [3.63, 3.8) is 0 Å². The number of nitrogens with two attached hydrogens (primary N) is 1. The molecule has 0 aliphatic rings. The van der Waals surface area contributed by atoms with E-state index >= 15 is 0 Å². The lowest BCUT2D eigenvalue weighted by Crippen LogP contribution is -2.25.